The van der Waals surface area contributed by atoms with Crippen LogP contribution in [0.15, 0.2) is 24.5 Å². The summed E-state index contributed by atoms with van der Waals surface area (Å²) in [6.07, 6.45) is 5.23. The van der Waals surface area contributed by atoms with Gasteiger partial charge in [-0.05, 0) is 24.1 Å². The van der Waals surface area contributed by atoms with Crippen molar-refractivity contribution in [1.82, 2.24) is 19.6 Å². The van der Waals surface area contributed by atoms with Gasteiger partial charge < -0.3 is 9.72 Å². The molecule has 0 atom stereocenters. The van der Waals surface area contributed by atoms with Crippen molar-refractivity contribution in [2.75, 3.05) is 26.2 Å². The summed E-state index contributed by atoms with van der Waals surface area (Å²) < 4.78 is 2.11. The van der Waals surface area contributed by atoms with E-state index in [1.807, 2.05) is 0 Å². The van der Waals surface area contributed by atoms with E-state index in [2.05, 4.69) is 51.1 Å². The maximum absolute atomic E-state index is 4.62. The number of pyridine rings is 1. The molecule has 1 fully saturated rings. The van der Waals surface area contributed by atoms with Crippen LogP contribution in [0.3, 0.4) is 0 Å². The summed E-state index contributed by atoms with van der Waals surface area (Å²) in [4.78, 5) is 7.11. The van der Waals surface area contributed by atoms with Crippen molar-refractivity contribution in [2.45, 2.75) is 19.9 Å². The molecule has 4 heteroatoms. The van der Waals surface area contributed by atoms with E-state index < -0.39 is 0 Å². The van der Waals surface area contributed by atoms with Gasteiger partial charge in [0.25, 0.3) is 0 Å². The predicted molar refractivity (Wildman–Crippen MR) is 72.7 cm³/mol. The van der Waals surface area contributed by atoms with E-state index in [0.29, 0.717) is 0 Å². The third-order valence-corrected chi connectivity index (χ3v) is 3.55. The van der Waals surface area contributed by atoms with Crippen LogP contribution < -0.4 is 5.32 Å². The largest absolute Gasteiger partial charge is 0.314 e. The Morgan fingerprint density at radius 2 is 2.17 bits per heavy atom. The van der Waals surface area contributed by atoms with Gasteiger partial charge in [0.15, 0.2) is 0 Å². The number of nitrogens with zero attached hydrogens (tertiary/aromatic N) is 3. The summed E-state index contributed by atoms with van der Waals surface area (Å²) in [7, 11) is 0. The summed E-state index contributed by atoms with van der Waals surface area (Å²) in [6.45, 7) is 7.66. The number of hydrogen-bond acceptors (Lipinski definition) is 3. The van der Waals surface area contributed by atoms with Crippen molar-refractivity contribution < 1.29 is 0 Å². The Balaban J connectivity index is 1.79. The van der Waals surface area contributed by atoms with E-state index in [9.17, 15) is 0 Å². The first-order valence-electron chi connectivity index (χ1n) is 6.75. The Kier molecular flexibility index (Phi) is 3.30. The third-order valence-electron chi connectivity index (χ3n) is 3.55. The molecule has 0 bridgehead atoms. The van der Waals surface area contributed by atoms with E-state index in [4.69, 9.17) is 0 Å². The van der Waals surface area contributed by atoms with Crippen LogP contribution in [0.5, 0.6) is 0 Å². The molecule has 1 N–H and O–H groups in total. The zero-order valence-electron chi connectivity index (χ0n) is 10.9. The second kappa shape index (κ2) is 5.08. The average Bonchev–Trinajstić information content (AvgIpc) is 2.82. The lowest BCUT2D eigenvalue weighted by molar-refractivity contribution is 0.233. The molecule has 4 nitrogen and oxygen atoms in total. The van der Waals surface area contributed by atoms with Crippen LogP contribution in [0.1, 0.15) is 18.2 Å². The number of aromatic nitrogens is 2. The predicted octanol–water partition coefficient (Wildman–Crippen LogP) is 1.30. The molecule has 1 aliphatic rings. The van der Waals surface area contributed by atoms with Crippen molar-refractivity contribution >= 4 is 5.65 Å². The van der Waals surface area contributed by atoms with Gasteiger partial charge in [0.1, 0.15) is 5.65 Å². The molecular weight excluding hydrogens is 224 g/mol. The molecule has 2 aromatic heterocycles. The number of fused-ring (bicyclic) bond motifs is 1. The van der Waals surface area contributed by atoms with Gasteiger partial charge in [-0.3, -0.25) is 4.90 Å². The number of nitrogens with one attached hydrogen (secondary N) is 1. The van der Waals surface area contributed by atoms with Gasteiger partial charge in [-0.2, -0.15) is 0 Å². The highest BCUT2D eigenvalue weighted by Crippen LogP contribution is 2.11. The molecule has 3 rings (SSSR count). The first-order chi connectivity index (χ1) is 8.85. The van der Waals surface area contributed by atoms with E-state index in [1.165, 1.54) is 5.56 Å². The van der Waals surface area contributed by atoms with Crippen LogP contribution in [-0.2, 0) is 13.0 Å². The van der Waals surface area contributed by atoms with Crippen molar-refractivity contribution in [2.24, 2.45) is 0 Å². The van der Waals surface area contributed by atoms with Crippen LogP contribution in [0.25, 0.3) is 5.65 Å². The fraction of sp³-hybridized carbons (Fsp3) is 0.500. The van der Waals surface area contributed by atoms with Gasteiger partial charge in [0.05, 0.1) is 5.69 Å². The topological polar surface area (TPSA) is 32.6 Å². The Labute approximate surface area is 108 Å². The Bertz CT molecular complexity index is 526. The van der Waals surface area contributed by atoms with E-state index >= 15 is 0 Å². The smallest absolute Gasteiger partial charge is 0.137 e. The Hall–Kier alpha value is -1.39. The number of imidazole rings is 1. The fourth-order valence-electron chi connectivity index (χ4n) is 2.47. The van der Waals surface area contributed by atoms with Gasteiger partial charge in [-0.25, -0.2) is 4.98 Å². The highest BCUT2D eigenvalue weighted by Gasteiger charge is 2.10. The van der Waals surface area contributed by atoms with E-state index in [-0.39, 0.29) is 0 Å². The minimum absolute atomic E-state index is 0.995. The van der Waals surface area contributed by atoms with Gasteiger partial charge >= 0.3 is 0 Å². The van der Waals surface area contributed by atoms with E-state index in [0.717, 1.165) is 50.5 Å². The molecule has 3 heterocycles. The van der Waals surface area contributed by atoms with Crippen LogP contribution in [0, 0.1) is 0 Å². The quantitative estimate of drug-likeness (QED) is 0.883. The molecule has 0 aromatic carbocycles. The summed E-state index contributed by atoms with van der Waals surface area (Å²) in [5.74, 6) is 0. The van der Waals surface area contributed by atoms with Crippen molar-refractivity contribution in [3.8, 4) is 0 Å². The first kappa shape index (κ1) is 11.7. The number of aryl methyl sites for hydroxylation is 1. The Morgan fingerprint density at radius 1 is 1.33 bits per heavy atom. The number of rotatable bonds is 3. The lowest BCUT2D eigenvalue weighted by Crippen LogP contribution is -2.42. The minimum Gasteiger partial charge on any atom is -0.314 e. The molecule has 0 spiro atoms. The molecule has 1 saturated heterocycles. The molecule has 1 aliphatic heterocycles. The highest BCUT2D eigenvalue weighted by atomic mass is 15.2. The summed E-state index contributed by atoms with van der Waals surface area (Å²) in [6, 6.07) is 4.41. The molecule has 96 valence electrons. The van der Waals surface area contributed by atoms with Crippen LogP contribution in [0.2, 0.25) is 0 Å². The summed E-state index contributed by atoms with van der Waals surface area (Å²) >= 11 is 0. The van der Waals surface area contributed by atoms with Crippen LogP contribution in [-0.4, -0.2) is 40.5 Å². The van der Waals surface area contributed by atoms with Gasteiger partial charge in [-0.1, -0.05) is 6.92 Å². The molecule has 0 saturated carbocycles. The molecular formula is C14H20N4. The van der Waals surface area contributed by atoms with Crippen LogP contribution in [0.4, 0.5) is 0 Å². The lowest BCUT2D eigenvalue weighted by Gasteiger charge is -2.27. The summed E-state index contributed by atoms with van der Waals surface area (Å²) in [5.41, 5.74) is 3.59. The monoisotopic (exact) mass is 244 g/mol. The van der Waals surface area contributed by atoms with Gasteiger partial charge in [-0.15, -0.1) is 0 Å². The van der Waals surface area contributed by atoms with Gasteiger partial charge in [0, 0.05) is 45.1 Å². The standard InChI is InChI=1S/C14H20N4/c1-2-13-11-18-6-3-12(9-14(18)16-13)10-17-7-4-15-5-8-17/h3,6,9,11,15H,2,4-5,7-8,10H2,1H3. The zero-order chi connectivity index (χ0) is 12.4. The fourth-order valence-corrected chi connectivity index (χ4v) is 2.47. The minimum atomic E-state index is 0.995. The SMILES string of the molecule is CCc1cn2ccc(CN3CCNCC3)cc2n1. The van der Waals surface area contributed by atoms with Crippen LogP contribution >= 0.6 is 0 Å². The molecule has 0 unspecified atom stereocenters. The lowest BCUT2D eigenvalue weighted by atomic mass is 10.2. The molecule has 0 amide bonds. The molecule has 2 aromatic rings. The van der Waals surface area contributed by atoms with Gasteiger partial charge in [0.2, 0.25) is 0 Å². The maximum atomic E-state index is 4.62. The zero-order valence-corrected chi connectivity index (χ0v) is 10.9. The molecule has 18 heavy (non-hydrogen) atoms. The molecule has 0 radical (unpaired) electrons. The summed E-state index contributed by atoms with van der Waals surface area (Å²) in [5, 5.41) is 3.38. The number of piperazine rings is 1. The maximum Gasteiger partial charge on any atom is 0.137 e. The van der Waals surface area contributed by atoms with E-state index in [1.54, 1.807) is 0 Å². The van der Waals surface area contributed by atoms with Crippen molar-refractivity contribution in [1.29, 1.82) is 0 Å². The highest BCUT2D eigenvalue weighted by molar-refractivity contribution is 5.43. The average molecular weight is 244 g/mol. The van der Waals surface area contributed by atoms with Crippen molar-refractivity contribution in [3.63, 3.8) is 0 Å². The third kappa shape index (κ3) is 2.40. The molecule has 0 aliphatic carbocycles. The second-order valence-corrected chi connectivity index (χ2v) is 4.91. The normalized spacial score (nSPS) is 17.4. The second-order valence-electron chi connectivity index (χ2n) is 4.91. The Morgan fingerprint density at radius 3 is 2.94 bits per heavy atom. The first-order valence-corrected chi connectivity index (χ1v) is 6.75. The van der Waals surface area contributed by atoms with Crippen molar-refractivity contribution in [3.05, 3.63) is 35.8 Å². The number of hydrogen-bond donors (Lipinski definition) is 1.